The molecule has 1 aromatic heterocycles. The number of hydrogen-bond donors (Lipinski definition) is 1. The first-order chi connectivity index (χ1) is 19.0. The lowest BCUT2D eigenvalue weighted by Gasteiger charge is -2.15. The lowest BCUT2D eigenvalue weighted by Crippen LogP contribution is -2.40. The Morgan fingerprint density at radius 2 is 1.69 bits per heavy atom. The molecule has 8 nitrogen and oxygen atoms in total. The summed E-state index contributed by atoms with van der Waals surface area (Å²) in [6.45, 7) is 4.24. The fourth-order valence-electron chi connectivity index (χ4n) is 3.84. The number of ether oxygens (including phenoxy) is 3. The van der Waals surface area contributed by atoms with E-state index in [1.165, 1.54) is 0 Å². The van der Waals surface area contributed by atoms with E-state index in [0.29, 0.717) is 12.3 Å². The summed E-state index contributed by atoms with van der Waals surface area (Å²) in [5, 5.41) is 15.2. The second-order valence-corrected chi connectivity index (χ2v) is 8.65. The number of aliphatic imine (C=N–C) groups is 1. The average Bonchev–Trinajstić information content (AvgIpc) is 2.96. The molecule has 0 saturated heterocycles. The van der Waals surface area contributed by atoms with Gasteiger partial charge in [0.15, 0.2) is 12.4 Å². The SMILES string of the molecule is CCOC(=O)OC(C)[n+]1cccc(CN=C([O-])Nc2ccc(COc3ccccc3-c3ccccc3)cc2)c1. The van der Waals surface area contributed by atoms with Gasteiger partial charge in [0.05, 0.1) is 19.2 Å². The lowest BCUT2D eigenvalue weighted by molar-refractivity contribution is -0.753. The Hall–Kier alpha value is -4.85. The molecule has 0 radical (unpaired) electrons. The normalized spacial score (nSPS) is 11.9. The van der Waals surface area contributed by atoms with E-state index >= 15 is 0 Å². The number of pyridine rings is 1. The monoisotopic (exact) mass is 525 g/mol. The zero-order valence-electron chi connectivity index (χ0n) is 21.9. The predicted octanol–water partition coefficient (Wildman–Crippen LogP) is 5.24. The Morgan fingerprint density at radius 3 is 2.46 bits per heavy atom. The minimum Gasteiger partial charge on any atom is -0.846 e. The van der Waals surface area contributed by atoms with Crippen LogP contribution in [0.25, 0.3) is 11.1 Å². The Balaban J connectivity index is 1.31. The molecule has 0 aliphatic heterocycles. The van der Waals surface area contributed by atoms with Crippen LogP contribution in [0.15, 0.2) is 108 Å². The Morgan fingerprint density at radius 1 is 0.949 bits per heavy atom. The second-order valence-electron chi connectivity index (χ2n) is 8.65. The van der Waals surface area contributed by atoms with Gasteiger partial charge in [0.1, 0.15) is 12.4 Å². The number of anilines is 1. The van der Waals surface area contributed by atoms with E-state index in [4.69, 9.17) is 14.2 Å². The van der Waals surface area contributed by atoms with Crippen LogP contribution >= 0.6 is 0 Å². The number of nitrogens with one attached hydrogen (secondary N) is 1. The van der Waals surface area contributed by atoms with Crippen molar-refractivity contribution in [2.45, 2.75) is 33.2 Å². The van der Waals surface area contributed by atoms with Gasteiger partial charge in [-0.15, -0.1) is 0 Å². The van der Waals surface area contributed by atoms with Crippen LogP contribution in [0, 0.1) is 0 Å². The van der Waals surface area contributed by atoms with Crippen molar-refractivity contribution in [1.29, 1.82) is 0 Å². The molecule has 1 N–H and O–H groups in total. The molecule has 0 fully saturated rings. The van der Waals surface area contributed by atoms with Gasteiger partial charge in [0, 0.05) is 29.8 Å². The molecule has 1 heterocycles. The summed E-state index contributed by atoms with van der Waals surface area (Å²) in [7, 11) is 0. The molecule has 39 heavy (non-hydrogen) atoms. The minimum absolute atomic E-state index is 0.172. The largest absolute Gasteiger partial charge is 0.846 e. The van der Waals surface area contributed by atoms with Crippen molar-refractivity contribution in [2.24, 2.45) is 4.99 Å². The third-order valence-electron chi connectivity index (χ3n) is 5.81. The maximum atomic E-state index is 12.4. The average molecular weight is 526 g/mol. The van der Waals surface area contributed by atoms with Gasteiger partial charge in [-0.1, -0.05) is 60.7 Å². The number of carbonyl (C=O) groups excluding carboxylic acids is 1. The Bertz CT molecular complexity index is 1390. The van der Waals surface area contributed by atoms with Crippen LogP contribution in [0.5, 0.6) is 5.75 Å². The van der Waals surface area contributed by atoms with Crippen LogP contribution in [-0.4, -0.2) is 18.8 Å². The molecule has 3 aromatic carbocycles. The quantitative estimate of drug-likeness (QED) is 0.132. The van der Waals surface area contributed by atoms with Gasteiger partial charge in [0.25, 0.3) is 0 Å². The first-order valence-electron chi connectivity index (χ1n) is 12.7. The molecule has 0 spiro atoms. The zero-order valence-corrected chi connectivity index (χ0v) is 21.9. The molecule has 0 aliphatic rings. The summed E-state index contributed by atoms with van der Waals surface area (Å²) in [6.07, 6.45) is 2.23. The highest BCUT2D eigenvalue weighted by Crippen LogP contribution is 2.30. The van der Waals surface area contributed by atoms with Crippen molar-refractivity contribution >= 4 is 17.9 Å². The van der Waals surface area contributed by atoms with Crippen molar-refractivity contribution < 1.29 is 28.7 Å². The third-order valence-corrected chi connectivity index (χ3v) is 5.81. The van der Waals surface area contributed by atoms with Gasteiger partial charge >= 0.3 is 12.4 Å². The fourth-order valence-corrected chi connectivity index (χ4v) is 3.84. The number of rotatable bonds is 10. The van der Waals surface area contributed by atoms with Crippen LogP contribution < -0.4 is 19.7 Å². The number of hydrogen-bond acceptors (Lipinski definition) is 6. The number of aromatic nitrogens is 1. The Kier molecular flexibility index (Phi) is 9.50. The third kappa shape index (κ3) is 8.07. The van der Waals surface area contributed by atoms with Crippen LogP contribution in [-0.2, 0) is 22.6 Å². The minimum atomic E-state index is -0.735. The molecule has 4 aromatic rings. The van der Waals surface area contributed by atoms with Crippen LogP contribution in [0.1, 0.15) is 31.2 Å². The van der Waals surface area contributed by atoms with E-state index in [9.17, 15) is 9.90 Å². The molecule has 1 unspecified atom stereocenters. The fraction of sp³-hybridized carbons (Fsp3) is 0.194. The van der Waals surface area contributed by atoms with Gasteiger partial charge < -0.3 is 24.6 Å². The van der Waals surface area contributed by atoms with E-state index in [0.717, 1.165) is 28.0 Å². The smallest absolute Gasteiger partial charge is 0.513 e. The van der Waals surface area contributed by atoms with E-state index < -0.39 is 18.4 Å². The van der Waals surface area contributed by atoms with Crippen molar-refractivity contribution in [1.82, 2.24) is 0 Å². The first-order valence-corrected chi connectivity index (χ1v) is 12.7. The van der Waals surface area contributed by atoms with Crippen LogP contribution in [0.3, 0.4) is 0 Å². The number of nitrogens with zero attached hydrogens (tertiary/aromatic N) is 2. The van der Waals surface area contributed by atoms with Crippen LogP contribution in [0.4, 0.5) is 10.5 Å². The molecule has 4 rings (SSSR count). The summed E-state index contributed by atoms with van der Waals surface area (Å²) < 4.78 is 17.8. The molecular weight excluding hydrogens is 494 g/mol. The summed E-state index contributed by atoms with van der Waals surface area (Å²) >= 11 is 0. The summed E-state index contributed by atoms with van der Waals surface area (Å²) in [5.74, 6) is 0.809. The van der Waals surface area contributed by atoms with Crippen molar-refractivity contribution in [3.8, 4) is 16.9 Å². The van der Waals surface area contributed by atoms with Crippen molar-refractivity contribution in [3.05, 3.63) is 115 Å². The van der Waals surface area contributed by atoms with E-state index in [-0.39, 0.29) is 13.2 Å². The van der Waals surface area contributed by atoms with Gasteiger partial charge in [-0.2, -0.15) is 4.57 Å². The summed E-state index contributed by atoms with van der Waals surface area (Å²) in [6, 6.07) is 28.7. The highest BCUT2D eigenvalue weighted by Gasteiger charge is 2.18. The van der Waals surface area contributed by atoms with E-state index in [1.807, 2.05) is 72.8 Å². The summed E-state index contributed by atoms with van der Waals surface area (Å²) in [4.78, 5) is 15.7. The molecule has 0 aliphatic carbocycles. The maximum Gasteiger partial charge on any atom is 0.513 e. The highest BCUT2D eigenvalue weighted by atomic mass is 16.7. The van der Waals surface area contributed by atoms with Gasteiger partial charge in [0.2, 0.25) is 0 Å². The molecular formula is C31H31N3O5. The summed E-state index contributed by atoms with van der Waals surface area (Å²) in [5.41, 5.74) is 4.53. The second kappa shape index (κ2) is 13.6. The van der Waals surface area contributed by atoms with Crippen molar-refractivity contribution in [2.75, 3.05) is 11.9 Å². The standard InChI is InChI=1S/C31H31N3O5/c1-3-37-31(36)39-23(2)34-19-9-10-25(21-34)20-32-30(35)33-27-17-15-24(16-18-27)22-38-29-14-8-7-13-28(29)26-11-5-4-6-12-26/h4-19,21,23H,3,20,22H2,1-2H3,(H-,32,33,35). The first kappa shape index (κ1) is 27.2. The number of amidine groups is 1. The molecule has 200 valence electrons. The van der Waals surface area contributed by atoms with Crippen LogP contribution in [0.2, 0.25) is 0 Å². The predicted molar refractivity (Wildman–Crippen MR) is 147 cm³/mol. The molecule has 1 atom stereocenters. The van der Waals surface area contributed by atoms with Crippen molar-refractivity contribution in [3.63, 3.8) is 0 Å². The van der Waals surface area contributed by atoms with Gasteiger partial charge in [-0.3, -0.25) is 4.99 Å². The maximum absolute atomic E-state index is 12.4. The van der Waals surface area contributed by atoms with E-state index in [1.54, 1.807) is 36.9 Å². The van der Waals surface area contributed by atoms with E-state index in [2.05, 4.69) is 22.4 Å². The number of para-hydroxylation sites is 1. The molecule has 0 amide bonds. The number of benzene rings is 3. The van der Waals surface area contributed by atoms with Gasteiger partial charge in [-0.25, -0.2) is 4.79 Å². The lowest BCUT2D eigenvalue weighted by atomic mass is 10.0. The van der Waals surface area contributed by atoms with Gasteiger partial charge in [-0.05, 0) is 42.3 Å². The molecule has 0 bridgehead atoms. The zero-order chi connectivity index (χ0) is 27.5. The molecule has 0 saturated carbocycles. The topological polar surface area (TPSA) is 96.1 Å². The Labute approximate surface area is 228 Å². The highest BCUT2D eigenvalue weighted by molar-refractivity contribution is 5.85. The number of carbonyl (C=O) groups is 1. The molecule has 8 heteroatoms.